The number of nitrogens with zero attached hydrogens (tertiary/aromatic N) is 1. The Balaban J connectivity index is 1.82. The molecule has 4 rings (SSSR count). The van der Waals surface area contributed by atoms with Gasteiger partial charge in [0.25, 0.3) is 10.0 Å². The van der Waals surface area contributed by atoms with Gasteiger partial charge >= 0.3 is 5.97 Å². The third-order valence-corrected chi connectivity index (χ3v) is 8.13. The predicted molar refractivity (Wildman–Crippen MR) is 125 cm³/mol. The molecule has 2 heterocycles. The summed E-state index contributed by atoms with van der Waals surface area (Å²) in [6, 6.07) is 14.3. The van der Waals surface area contributed by atoms with Crippen molar-refractivity contribution in [3.8, 4) is 0 Å². The van der Waals surface area contributed by atoms with Gasteiger partial charge in [0.05, 0.1) is 22.9 Å². The summed E-state index contributed by atoms with van der Waals surface area (Å²) < 4.78 is 33.8. The number of piperidine rings is 1. The molecule has 1 aliphatic heterocycles. The van der Waals surface area contributed by atoms with Gasteiger partial charge in [0.15, 0.2) is 0 Å². The van der Waals surface area contributed by atoms with Crippen molar-refractivity contribution < 1.29 is 17.9 Å². The third kappa shape index (κ3) is 3.95. The molecule has 3 atom stereocenters. The van der Waals surface area contributed by atoms with Crippen LogP contribution in [0.2, 0.25) is 0 Å². The molecule has 0 amide bonds. The summed E-state index contributed by atoms with van der Waals surface area (Å²) in [5.74, 6) is -0.354. The van der Waals surface area contributed by atoms with Gasteiger partial charge in [-0.3, -0.25) is 4.79 Å². The molecular weight excluding hydrogens is 424 g/mol. The van der Waals surface area contributed by atoms with Gasteiger partial charge in [0.1, 0.15) is 0 Å². The van der Waals surface area contributed by atoms with E-state index in [0.717, 1.165) is 22.9 Å². The largest absolute Gasteiger partial charge is 0.466 e. The van der Waals surface area contributed by atoms with Crippen LogP contribution in [-0.2, 0) is 19.6 Å². The number of carbonyl (C=O) groups is 1. The van der Waals surface area contributed by atoms with Crippen LogP contribution in [0.3, 0.4) is 0 Å². The lowest BCUT2D eigenvalue weighted by molar-refractivity contribution is -0.151. The SMILES string of the molecule is CCOC(=O)[C@@H]1CCN[C@H](c2cn(S(=O)(=O)c3ccc(C)cc3)c3ccccc23)[C@H]1CC. The fourth-order valence-electron chi connectivity index (χ4n) is 4.84. The van der Waals surface area contributed by atoms with Gasteiger partial charge in [0.2, 0.25) is 0 Å². The minimum atomic E-state index is -3.77. The van der Waals surface area contributed by atoms with E-state index in [4.69, 9.17) is 4.74 Å². The number of fused-ring (bicyclic) bond motifs is 1. The molecule has 0 spiro atoms. The molecule has 2 aromatic carbocycles. The van der Waals surface area contributed by atoms with E-state index in [2.05, 4.69) is 12.2 Å². The van der Waals surface area contributed by atoms with Crippen LogP contribution >= 0.6 is 0 Å². The number of ether oxygens (including phenoxy) is 1. The van der Waals surface area contributed by atoms with Gasteiger partial charge in [-0.15, -0.1) is 0 Å². The number of hydrogen-bond acceptors (Lipinski definition) is 5. The number of esters is 1. The second-order valence-electron chi connectivity index (χ2n) is 8.37. The van der Waals surface area contributed by atoms with Crippen molar-refractivity contribution in [3.05, 3.63) is 65.9 Å². The van der Waals surface area contributed by atoms with Crippen molar-refractivity contribution in [1.29, 1.82) is 0 Å². The molecule has 0 radical (unpaired) electrons. The fraction of sp³-hybridized carbons (Fsp3) is 0.400. The Morgan fingerprint density at radius 3 is 2.53 bits per heavy atom. The maximum atomic E-state index is 13.5. The first-order chi connectivity index (χ1) is 15.4. The maximum Gasteiger partial charge on any atom is 0.309 e. The molecule has 7 heteroatoms. The Morgan fingerprint density at radius 2 is 1.84 bits per heavy atom. The molecule has 3 aromatic rings. The summed E-state index contributed by atoms with van der Waals surface area (Å²) >= 11 is 0. The van der Waals surface area contributed by atoms with Gasteiger partial charge in [-0.2, -0.15) is 0 Å². The second kappa shape index (κ2) is 9.08. The van der Waals surface area contributed by atoms with Gasteiger partial charge in [-0.1, -0.05) is 49.2 Å². The standard InChI is InChI=1S/C25H30N2O4S/c1-4-19-21(25(28)31-5-2)14-15-26-24(19)22-16-27(23-9-7-6-8-20(22)23)32(29,30)18-12-10-17(3)11-13-18/h6-13,16,19,21,24,26H,4-5,14-15H2,1-3H3/t19-,21+,24-/m0/s1. The molecule has 0 unspecified atom stereocenters. The van der Waals surface area contributed by atoms with Crippen molar-refractivity contribution in [2.75, 3.05) is 13.2 Å². The molecule has 0 aliphatic carbocycles. The zero-order valence-corrected chi connectivity index (χ0v) is 19.6. The van der Waals surface area contributed by atoms with Crippen LogP contribution in [0.5, 0.6) is 0 Å². The van der Waals surface area contributed by atoms with Gasteiger partial charge in [0, 0.05) is 17.6 Å². The zero-order valence-electron chi connectivity index (χ0n) is 18.7. The highest BCUT2D eigenvalue weighted by Gasteiger charge is 2.39. The van der Waals surface area contributed by atoms with Crippen molar-refractivity contribution >= 4 is 26.9 Å². The van der Waals surface area contributed by atoms with E-state index in [1.54, 1.807) is 30.5 Å². The highest BCUT2D eigenvalue weighted by molar-refractivity contribution is 7.90. The Labute approximate surface area is 189 Å². The van der Waals surface area contributed by atoms with Crippen molar-refractivity contribution in [2.45, 2.75) is 44.6 Å². The van der Waals surface area contributed by atoms with E-state index in [0.29, 0.717) is 25.1 Å². The van der Waals surface area contributed by atoms with Crippen molar-refractivity contribution in [3.63, 3.8) is 0 Å². The molecule has 0 saturated carbocycles. The lowest BCUT2D eigenvalue weighted by atomic mass is 9.76. The number of benzene rings is 2. The van der Waals surface area contributed by atoms with Crippen molar-refractivity contribution in [2.24, 2.45) is 11.8 Å². The minimum absolute atomic E-state index is 0.0177. The smallest absolute Gasteiger partial charge is 0.309 e. The minimum Gasteiger partial charge on any atom is -0.466 e. The van der Waals surface area contributed by atoms with Gasteiger partial charge in [-0.05, 0) is 56.5 Å². The van der Waals surface area contributed by atoms with Crippen LogP contribution in [-0.4, -0.2) is 31.5 Å². The third-order valence-electron chi connectivity index (χ3n) is 6.45. The van der Waals surface area contributed by atoms with Gasteiger partial charge in [-0.25, -0.2) is 12.4 Å². The van der Waals surface area contributed by atoms with Crippen LogP contribution < -0.4 is 5.32 Å². The first-order valence-corrected chi connectivity index (χ1v) is 12.6. The lowest BCUT2D eigenvalue weighted by Crippen LogP contribution is -2.43. The molecule has 1 aromatic heterocycles. The number of hydrogen-bond donors (Lipinski definition) is 1. The normalized spacial score (nSPS) is 21.5. The van der Waals surface area contributed by atoms with E-state index in [1.165, 1.54) is 3.97 Å². The summed E-state index contributed by atoms with van der Waals surface area (Å²) in [7, 11) is -3.77. The Bertz CT molecular complexity index is 1210. The van der Waals surface area contributed by atoms with E-state index in [1.807, 2.05) is 38.1 Å². The summed E-state index contributed by atoms with van der Waals surface area (Å²) in [5, 5.41) is 4.43. The first-order valence-electron chi connectivity index (χ1n) is 11.2. The molecule has 1 saturated heterocycles. The van der Waals surface area contributed by atoms with E-state index >= 15 is 0 Å². The summed E-state index contributed by atoms with van der Waals surface area (Å²) in [4.78, 5) is 12.9. The number of carbonyl (C=O) groups excluding carboxylic acids is 1. The lowest BCUT2D eigenvalue weighted by Gasteiger charge is -2.37. The van der Waals surface area contributed by atoms with E-state index in [-0.39, 0.29) is 28.7 Å². The quantitative estimate of drug-likeness (QED) is 0.558. The maximum absolute atomic E-state index is 13.5. The van der Waals surface area contributed by atoms with Crippen molar-refractivity contribution in [1.82, 2.24) is 9.29 Å². The molecule has 32 heavy (non-hydrogen) atoms. The van der Waals surface area contributed by atoms with Gasteiger partial charge < -0.3 is 10.1 Å². The first kappa shape index (κ1) is 22.6. The van der Waals surface area contributed by atoms with E-state index in [9.17, 15) is 13.2 Å². The van der Waals surface area contributed by atoms with Crippen LogP contribution in [0.25, 0.3) is 10.9 Å². The average Bonchev–Trinajstić information content (AvgIpc) is 3.19. The summed E-state index contributed by atoms with van der Waals surface area (Å²) in [6.07, 6.45) is 3.23. The predicted octanol–water partition coefficient (Wildman–Crippen LogP) is 4.43. The van der Waals surface area contributed by atoms with E-state index < -0.39 is 10.0 Å². The number of nitrogens with one attached hydrogen (secondary N) is 1. The molecule has 170 valence electrons. The molecule has 0 bridgehead atoms. The van der Waals surface area contributed by atoms with Crippen LogP contribution in [0, 0.1) is 18.8 Å². The zero-order chi connectivity index (χ0) is 22.9. The van der Waals surface area contributed by atoms with Crippen LogP contribution in [0.1, 0.15) is 43.9 Å². The second-order valence-corrected chi connectivity index (χ2v) is 10.2. The summed E-state index contributed by atoms with van der Waals surface area (Å²) in [6.45, 7) is 6.85. The summed E-state index contributed by atoms with van der Waals surface area (Å²) in [5.41, 5.74) is 2.54. The topological polar surface area (TPSA) is 77.4 Å². The van der Waals surface area contributed by atoms with Crippen LogP contribution in [0.15, 0.2) is 59.6 Å². The highest BCUT2D eigenvalue weighted by atomic mass is 32.2. The fourth-order valence-corrected chi connectivity index (χ4v) is 6.22. The monoisotopic (exact) mass is 454 g/mol. The molecular formula is C25H30N2O4S. The molecule has 1 fully saturated rings. The highest BCUT2D eigenvalue weighted by Crippen LogP contribution is 2.40. The number of para-hydroxylation sites is 1. The number of aromatic nitrogens is 1. The number of aryl methyl sites for hydroxylation is 1. The Morgan fingerprint density at radius 1 is 1.12 bits per heavy atom. The molecule has 6 nitrogen and oxygen atoms in total. The Hall–Kier alpha value is -2.64. The molecule has 1 N–H and O–H groups in total. The van der Waals surface area contributed by atoms with Crippen LogP contribution in [0.4, 0.5) is 0 Å². The number of rotatable bonds is 6. The average molecular weight is 455 g/mol. The molecule has 1 aliphatic rings. The Kier molecular flexibility index (Phi) is 6.40.